The molecule has 4 N–H and O–H groups in total. The minimum absolute atomic E-state index is 0.0910. The van der Waals surface area contributed by atoms with Gasteiger partial charge in [-0.15, -0.1) is 26.3 Å². The molecule has 5 rings (SSSR count). The van der Waals surface area contributed by atoms with Crippen LogP contribution in [-0.4, -0.2) is 141 Å². The molecule has 0 amide bonds. The largest absolute Gasteiger partial charge is 0.466 e. The van der Waals surface area contributed by atoms with Crippen LogP contribution in [0.4, 0.5) is 35.7 Å². The number of carbonyl (C=O) groups is 2. The summed E-state index contributed by atoms with van der Waals surface area (Å²) < 4.78 is 10.5. The van der Waals surface area contributed by atoms with Gasteiger partial charge in [0, 0.05) is 85.6 Å². The molecule has 0 spiro atoms. The standard InChI is InChI=1S/C52H86N14O4/c1-15-29-63(30-16-2)45-55-43(53-27-25-41(67)69-19-5)57-47(59-45)65(39-33-49(7,8)61-50(9,10)34-39)37-21-23-38(24-22-37)66(40-35-51(11,12)62-52(13,14)36-40)48-58-44(54-28-26-42(68)70-20-6)56-46(60-48)64(31-17-3)32-18-4/h15-18,37-40,61-62H,1-4,19-36H2,5-14H3,(H,53,55,57,59)(H,54,56,58,60). The van der Waals surface area contributed by atoms with Crippen molar-refractivity contribution in [2.45, 2.75) is 180 Å². The molecule has 0 unspecified atom stereocenters. The molecule has 4 heterocycles. The smallest absolute Gasteiger partial charge is 0.307 e. The van der Waals surface area contributed by atoms with Crippen LogP contribution in [0, 0.1) is 0 Å². The number of esters is 2. The van der Waals surface area contributed by atoms with Crippen molar-refractivity contribution in [1.82, 2.24) is 40.5 Å². The van der Waals surface area contributed by atoms with E-state index in [0.717, 1.165) is 51.4 Å². The summed E-state index contributed by atoms with van der Waals surface area (Å²) in [4.78, 5) is 64.6. The van der Waals surface area contributed by atoms with Crippen LogP contribution in [0.3, 0.4) is 0 Å². The molecule has 0 aromatic carbocycles. The van der Waals surface area contributed by atoms with Gasteiger partial charge in [-0.25, -0.2) is 0 Å². The second-order valence-corrected chi connectivity index (χ2v) is 21.6. The number of aromatic nitrogens is 6. The van der Waals surface area contributed by atoms with E-state index in [4.69, 9.17) is 39.4 Å². The third-order valence-electron chi connectivity index (χ3n) is 13.1. The fourth-order valence-electron chi connectivity index (χ4n) is 11.3. The van der Waals surface area contributed by atoms with E-state index < -0.39 is 0 Å². The summed E-state index contributed by atoms with van der Waals surface area (Å²) in [6.45, 7) is 41.2. The molecule has 2 saturated heterocycles. The third kappa shape index (κ3) is 15.8. The molecule has 3 aliphatic rings. The Hall–Kier alpha value is -5.36. The van der Waals surface area contributed by atoms with Gasteiger partial charge >= 0.3 is 11.9 Å². The van der Waals surface area contributed by atoms with Gasteiger partial charge < -0.3 is 50.3 Å². The number of anilines is 6. The predicted molar refractivity (Wildman–Crippen MR) is 284 cm³/mol. The van der Waals surface area contributed by atoms with Crippen LogP contribution < -0.4 is 40.9 Å². The van der Waals surface area contributed by atoms with Crippen molar-refractivity contribution in [2.24, 2.45) is 0 Å². The topological polar surface area (TPSA) is 191 Å². The lowest BCUT2D eigenvalue weighted by Crippen LogP contribution is -2.65. The molecule has 2 aliphatic heterocycles. The van der Waals surface area contributed by atoms with Gasteiger partial charge in [0.25, 0.3) is 0 Å². The minimum atomic E-state index is -0.284. The lowest BCUT2D eigenvalue weighted by Gasteiger charge is -2.54. The van der Waals surface area contributed by atoms with Crippen LogP contribution in [0.25, 0.3) is 0 Å². The Kier molecular flexibility index (Phi) is 19.6. The number of carbonyl (C=O) groups excluding carboxylic acids is 2. The molecule has 1 saturated carbocycles. The summed E-state index contributed by atoms with van der Waals surface area (Å²) in [5.74, 6) is 2.46. The van der Waals surface area contributed by atoms with Gasteiger partial charge in [0.15, 0.2) is 0 Å². The minimum Gasteiger partial charge on any atom is -0.466 e. The number of nitrogens with one attached hydrogen (secondary N) is 4. The van der Waals surface area contributed by atoms with Crippen LogP contribution in [0.5, 0.6) is 0 Å². The summed E-state index contributed by atoms with van der Waals surface area (Å²) in [6, 6.07) is 0.376. The Morgan fingerprint density at radius 2 is 0.829 bits per heavy atom. The van der Waals surface area contributed by atoms with E-state index in [1.807, 2.05) is 34.1 Å². The van der Waals surface area contributed by atoms with Crippen molar-refractivity contribution < 1.29 is 19.1 Å². The van der Waals surface area contributed by atoms with Gasteiger partial charge in [0.2, 0.25) is 35.7 Å². The van der Waals surface area contributed by atoms with Gasteiger partial charge in [-0.3, -0.25) is 9.59 Å². The lowest BCUT2D eigenvalue weighted by atomic mass is 9.76. The zero-order valence-corrected chi connectivity index (χ0v) is 44.3. The maximum Gasteiger partial charge on any atom is 0.307 e. The Morgan fingerprint density at radius 3 is 1.11 bits per heavy atom. The predicted octanol–water partition coefficient (Wildman–Crippen LogP) is 7.39. The summed E-state index contributed by atoms with van der Waals surface area (Å²) in [5, 5.41) is 14.5. The molecule has 18 nitrogen and oxygen atoms in total. The molecule has 3 fully saturated rings. The lowest BCUT2D eigenvalue weighted by molar-refractivity contribution is -0.143. The number of piperidine rings is 2. The number of rotatable bonds is 26. The van der Waals surface area contributed by atoms with Crippen molar-refractivity contribution in [3.8, 4) is 0 Å². The van der Waals surface area contributed by atoms with Crippen LogP contribution >= 0.6 is 0 Å². The molecule has 0 atom stereocenters. The van der Waals surface area contributed by atoms with E-state index in [1.165, 1.54) is 0 Å². The zero-order chi connectivity index (χ0) is 51.3. The van der Waals surface area contributed by atoms with Crippen LogP contribution in [0.1, 0.15) is 133 Å². The van der Waals surface area contributed by atoms with Crippen molar-refractivity contribution in [3.05, 3.63) is 50.6 Å². The summed E-state index contributed by atoms with van der Waals surface area (Å²) >= 11 is 0. The van der Waals surface area contributed by atoms with Gasteiger partial charge in [-0.2, -0.15) is 29.9 Å². The molecule has 388 valence electrons. The number of ether oxygens (including phenoxy) is 2. The van der Waals surface area contributed by atoms with Gasteiger partial charge in [0.1, 0.15) is 0 Å². The van der Waals surface area contributed by atoms with E-state index in [0.29, 0.717) is 88.2 Å². The fourth-order valence-corrected chi connectivity index (χ4v) is 11.3. The molecular weight excluding hydrogens is 885 g/mol. The molecule has 0 bridgehead atoms. The van der Waals surface area contributed by atoms with Crippen molar-refractivity contribution in [2.75, 3.05) is 82.7 Å². The second kappa shape index (κ2) is 24.7. The maximum atomic E-state index is 12.4. The maximum absolute atomic E-state index is 12.4. The Morgan fingerprint density at radius 1 is 0.529 bits per heavy atom. The highest BCUT2D eigenvalue weighted by atomic mass is 16.5. The van der Waals surface area contributed by atoms with Crippen molar-refractivity contribution in [1.29, 1.82) is 0 Å². The molecule has 1 aliphatic carbocycles. The van der Waals surface area contributed by atoms with E-state index in [-0.39, 0.29) is 71.1 Å². The Bertz CT molecular complexity index is 1890. The highest BCUT2D eigenvalue weighted by Crippen LogP contribution is 2.41. The van der Waals surface area contributed by atoms with Crippen molar-refractivity contribution in [3.63, 3.8) is 0 Å². The first kappa shape index (κ1) is 55.6. The van der Waals surface area contributed by atoms with E-state index in [9.17, 15) is 9.59 Å². The molecule has 2 aromatic heterocycles. The van der Waals surface area contributed by atoms with Crippen LogP contribution in [0.15, 0.2) is 50.6 Å². The second-order valence-electron chi connectivity index (χ2n) is 21.6. The van der Waals surface area contributed by atoms with Gasteiger partial charge in [-0.1, -0.05) is 24.3 Å². The van der Waals surface area contributed by atoms with Crippen molar-refractivity contribution >= 4 is 47.6 Å². The highest BCUT2D eigenvalue weighted by Gasteiger charge is 2.46. The van der Waals surface area contributed by atoms with Gasteiger partial charge in [-0.05, 0) is 121 Å². The number of hydrogen-bond acceptors (Lipinski definition) is 18. The molecule has 2 aromatic rings. The first-order chi connectivity index (χ1) is 33.1. The van der Waals surface area contributed by atoms with E-state index >= 15 is 0 Å². The first-order valence-electron chi connectivity index (χ1n) is 25.5. The number of hydrogen-bond donors (Lipinski definition) is 4. The fraction of sp³-hybridized carbons (Fsp3) is 0.692. The summed E-state index contributed by atoms with van der Waals surface area (Å²) in [6.07, 6.45) is 14.7. The van der Waals surface area contributed by atoms with Gasteiger partial charge in [0.05, 0.1) is 26.1 Å². The summed E-state index contributed by atoms with van der Waals surface area (Å²) in [7, 11) is 0. The zero-order valence-electron chi connectivity index (χ0n) is 44.3. The van der Waals surface area contributed by atoms with E-state index in [2.05, 4.69) is 113 Å². The molecule has 18 heteroatoms. The quantitative estimate of drug-likeness (QED) is 0.0539. The SMILES string of the molecule is C=CCN(CC=C)c1nc(NCCC(=O)OCC)nc(N(C2CCC(N(c3nc(NCCC(=O)OCC)nc(N(CC=C)CC=C)n3)C3CC(C)(C)NC(C)(C)C3)CC2)C2CC(C)(C)NC(C)(C)C2)n1. The average Bonchev–Trinajstić information content (AvgIpc) is 3.25. The normalized spacial score (nSPS) is 20.5. The monoisotopic (exact) mass is 971 g/mol. The average molecular weight is 971 g/mol. The Labute approximate surface area is 419 Å². The summed E-state index contributed by atoms with van der Waals surface area (Å²) in [5.41, 5.74) is -0.646. The van der Waals surface area contributed by atoms with E-state index in [1.54, 1.807) is 13.8 Å². The third-order valence-corrected chi connectivity index (χ3v) is 13.1. The molecular formula is C52H86N14O4. The van der Waals surface area contributed by atoms with Crippen LogP contribution in [-0.2, 0) is 19.1 Å². The molecule has 0 radical (unpaired) electrons. The van der Waals surface area contributed by atoms with Crippen LogP contribution in [0.2, 0.25) is 0 Å². The Balaban J connectivity index is 1.60. The number of nitrogens with zero attached hydrogens (tertiary/aromatic N) is 10. The molecule has 70 heavy (non-hydrogen) atoms. The first-order valence-corrected chi connectivity index (χ1v) is 25.5. The highest BCUT2D eigenvalue weighted by molar-refractivity contribution is 5.70.